The molecule has 0 unspecified atom stereocenters. The van der Waals surface area contributed by atoms with Crippen molar-refractivity contribution in [2.24, 2.45) is 0 Å². The molecule has 0 bridgehead atoms. The first kappa shape index (κ1) is 15.0. The minimum Gasteiger partial charge on any atom is -0.338 e. The molecule has 1 aliphatic heterocycles. The van der Waals surface area contributed by atoms with Crippen LogP contribution in [0.2, 0.25) is 0 Å². The third-order valence-electron chi connectivity index (χ3n) is 3.53. The molecule has 0 spiro atoms. The lowest BCUT2D eigenvalue weighted by Crippen LogP contribution is -2.48. The first-order valence-corrected chi connectivity index (χ1v) is 6.91. The molecule has 1 aromatic rings. The lowest BCUT2D eigenvalue weighted by Gasteiger charge is -2.30. The first-order valence-electron chi connectivity index (χ1n) is 6.91. The standard InChI is InChI=1S/C15H19N3O3/c1-4-7-16-14(21)17-9-5-6-10-11(8-9)15(2,3)13(20)18-12(10)19/h5-6,8H,4,7H2,1-3H3,(H2,16,17,21)(H,18,19,20). The Morgan fingerprint density at radius 1 is 1.29 bits per heavy atom. The molecule has 0 radical (unpaired) electrons. The highest BCUT2D eigenvalue weighted by Gasteiger charge is 2.39. The van der Waals surface area contributed by atoms with E-state index < -0.39 is 11.3 Å². The van der Waals surface area contributed by atoms with E-state index in [1.807, 2.05) is 6.92 Å². The quantitative estimate of drug-likeness (QED) is 0.741. The number of rotatable bonds is 3. The highest BCUT2D eigenvalue weighted by molar-refractivity contribution is 6.13. The van der Waals surface area contributed by atoms with E-state index in [0.717, 1.165) is 6.42 Å². The van der Waals surface area contributed by atoms with Gasteiger partial charge in [-0.05, 0) is 44.0 Å². The topological polar surface area (TPSA) is 87.3 Å². The van der Waals surface area contributed by atoms with Crippen molar-refractivity contribution in [2.75, 3.05) is 11.9 Å². The summed E-state index contributed by atoms with van der Waals surface area (Å²) in [6, 6.07) is 4.64. The second-order valence-electron chi connectivity index (χ2n) is 5.55. The lowest BCUT2D eigenvalue weighted by molar-refractivity contribution is -0.125. The summed E-state index contributed by atoms with van der Waals surface area (Å²) in [5.74, 6) is -0.746. The lowest BCUT2D eigenvalue weighted by atomic mass is 9.78. The van der Waals surface area contributed by atoms with Crippen LogP contribution in [-0.4, -0.2) is 24.4 Å². The van der Waals surface area contributed by atoms with Gasteiger partial charge in [0.25, 0.3) is 5.91 Å². The summed E-state index contributed by atoms with van der Waals surface area (Å²) in [6.45, 7) is 6.04. The minimum atomic E-state index is -0.819. The van der Waals surface area contributed by atoms with Crippen molar-refractivity contribution in [2.45, 2.75) is 32.6 Å². The van der Waals surface area contributed by atoms with Gasteiger partial charge in [0, 0.05) is 17.8 Å². The van der Waals surface area contributed by atoms with Crippen molar-refractivity contribution >= 4 is 23.5 Å². The first-order chi connectivity index (χ1) is 9.86. The Bertz CT molecular complexity index is 608. The Hall–Kier alpha value is -2.37. The molecule has 112 valence electrons. The van der Waals surface area contributed by atoms with E-state index in [9.17, 15) is 14.4 Å². The second-order valence-corrected chi connectivity index (χ2v) is 5.55. The van der Waals surface area contributed by atoms with Crippen LogP contribution >= 0.6 is 0 Å². The maximum atomic E-state index is 11.9. The molecule has 3 N–H and O–H groups in total. The van der Waals surface area contributed by atoms with E-state index in [1.165, 1.54) is 0 Å². The molecule has 6 heteroatoms. The maximum Gasteiger partial charge on any atom is 0.319 e. The molecule has 0 fully saturated rings. The number of hydrogen-bond donors (Lipinski definition) is 3. The SMILES string of the molecule is CCCNC(=O)Nc1ccc2c(c1)C(C)(C)C(=O)NC2=O. The van der Waals surface area contributed by atoms with Gasteiger partial charge in [-0.2, -0.15) is 0 Å². The zero-order chi connectivity index (χ0) is 15.6. The molecule has 1 aromatic carbocycles. The van der Waals surface area contributed by atoms with Crippen LogP contribution in [0.15, 0.2) is 18.2 Å². The predicted octanol–water partition coefficient (Wildman–Crippen LogP) is 1.77. The molecule has 4 amide bonds. The second kappa shape index (κ2) is 5.55. The molecule has 21 heavy (non-hydrogen) atoms. The number of amides is 4. The number of carbonyl (C=O) groups is 3. The molecular weight excluding hydrogens is 270 g/mol. The van der Waals surface area contributed by atoms with Crippen LogP contribution in [0.1, 0.15) is 43.1 Å². The number of carbonyl (C=O) groups excluding carboxylic acids is 3. The average molecular weight is 289 g/mol. The Morgan fingerprint density at radius 3 is 2.67 bits per heavy atom. The number of benzene rings is 1. The number of urea groups is 1. The van der Waals surface area contributed by atoms with Crippen molar-refractivity contribution in [1.29, 1.82) is 0 Å². The Kier molecular flexibility index (Phi) is 3.97. The van der Waals surface area contributed by atoms with Crippen molar-refractivity contribution < 1.29 is 14.4 Å². The van der Waals surface area contributed by atoms with Crippen LogP contribution in [0.25, 0.3) is 0 Å². The summed E-state index contributed by atoms with van der Waals surface area (Å²) >= 11 is 0. The minimum absolute atomic E-state index is 0.304. The Labute approximate surface area is 123 Å². The van der Waals surface area contributed by atoms with E-state index in [0.29, 0.717) is 23.4 Å². The average Bonchev–Trinajstić information content (AvgIpc) is 2.43. The van der Waals surface area contributed by atoms with Gasteiger partial charge in [-0.1, -0.05) is 6.92 Å². The summed E-state index contributed by atoms with van der Waals surface area (Å²) in [4.78, 5) is 35.4. The van der Waals surface area contributed by atoms with Crippen LogP contribution in [0.5, 0.6) is 0 Å². The molecule has 1 aliphatic rings. The summed E-state index contributed by atoms with van der Waals surface area (Å²) in [6.07, 6.45) is 0.847. The zero-order valence-electron chi connectivity index (χ0n) is 12.4. The Morgan fingerprint density at radius 2 is 2.00 bits per heavy atom. The van der Waals surface area contributed by atoms with Crippen molar-refractivity contribution in [1.82, 2.24) is 10.6 Å². The van der Waals surface area contributed by atoms with Crippen molar-refractivity contribution in [3.8, 4) is 0 Å². The monoisotopic (exact) mass is 289 g/mol. The zero-order valence-corrected chi connectivity index (χ0v) is 12.4. The van der Waals surface area contributed by atoms with Crippen LogP contribution in [0, 0.1) is 0 Å². The van der Waals surface area contributed by atoms with Gasteiger partial charge in [-0.15, -0.1) is 0 Å². The molecular formula is C15H19N3O3. The summed E-state index contributed by atoms with van der Waals surface area (Å²) in [5, 5.41) is 7.74. The van der Waals surface area contributed by atoms with E-state index >= 15 is 0 Å². The fourth-order valence-corrected chi connectivity index (χ4v) is 2.20. The number of nitrogens with one attached hydrogen (secondary N) is 3. The van der Waals surface area contributed by atoms with Crippen LogP contribution in [-0.2, 0) is 10.2 Å². The highest BCUT2D eigenvalue weighted by Crippen LogP contribution is 2.32. The van der Waals surface area contributed by atoms with E-state index in [-0.39, 0.29) is 11.9 Å². The van der Waals surface area contributed by atoms with Crippen molar-refractivity contribution in [3.63, 3.8) is 0 Å². The van der Waals surface area contributed by atoms with Gasteiger partial charge in [-0.25, -0.2) is 4.79 Å². The van der Waals surface area contributed by atoms with Gasteiger partial charge in [0.15, 0.2) is 0 Å². The smallest absolute Gasteiger partial charge is 0.319 e. The summed E-state index contributed by atoms with van der Waals surface area (Å²) in [7, 11) is 0. The van der Waals surface area contributed by atoms with Gasteiger partial charge in [0.2, 0.25) is 5.91 Å². The van der Waals surface area contributed by atoms with Gasteiger partial charge >= 0.3 is 6.03 Å². The molecule has 0 atom stereocenters. The van der Waals surface area contributed by atoms with E-state index in [4.69, 9.17) is 0 Å². The molecule has 0 saturated carbocycles. The molecule has 0 aliphatic carbocycles. The highest BCUT2D eigenvalue weighted by atomic mass is 16.2. The molecule has 6 nitrogen and oxygen atoms in total. The summed E-state index contributed by atoms with van der Waals surface area (Å²) in [5.41, 5.74) is 0.808. The van der Waals surface area contributed by atoms with Gasteiger partial charge in [0.05, 0.1) is 5.41 Å². The summed E-state index contributed by atoms with van der Waals surface area (Å²) < 4.78 is 0. The van der Waals surface area contributed by atoms with Crippen LogP contribution < -0.4 is 16.0 Å². The van der Waals surface area contributed by atoms with Crippen LogP contribution in [0.4, 0.5) is 10.5 Å². The van der Waals surface area contributed by atoms with E-state index in [2.05, 4.69) is 16.0 Å². The predicted molar refractivity (Wildman–Crippen MR) is 79.3 cm³/mol. The Balaban J connectivity index is 2.29. The normalized spacial score (nSPS) is 16.0. The number of fused-ring (bicyclic) bond motifs is 1. The van der Waals surface area contributed by atoms with E-state index in [1.54, 1.807) is 32.0 Å². The molecule has 2 rings (SSSR count). The third kappa shape index (κ3) is 2.89. The van der Waals surface area contributed by atoms with Gasteiger partial charge < -0.3 is 10.6 Å². The van der Waals surface area contributed by atoms with Gasteiger partial charge in [-0.3, -0.25) is 14.9 Å². The van der Waals surface area contributed by atoms with Crippen LogP contribution in [0.3, 0.4) is 0 Å². The third-order valence-corrected chi connectivity index (χ3v) is 3.53. The fraction of sp³-hybridized carbons (Fsp3) is 0.400. The number of imide groups is 1. The molecule has 1 heterocycles. The fourth-order valence-electron chi connectivity index (χ4n) is 2.20. The number of anilines is 1. The molecule has 0 saturated heterocycles. The molecule has 0 aromatic heterocycles. The largest absolute Gasteiger partial charge is 0.338 e. The van der Waals surface area contributed by atoms with Crippen molar-refractivity contribution in [3.05, 3.63) is 29.3 Å². The number of hydrogen-bond acceptors (Lipinski definition) is 3. The van der Waals surface area contributed by atoms with Gasteiger partial charge in [0.1, 0.15) is 0 Å². The maximum absolute atomic E-state index is 11.9.